The zero-order valence-electron chi connectivity index (χ0n) is 12.0. The van der Waals surface area contributed by atoms with Gasteiger partial charge in [-0.25, -0.2) is 0 Å². The summed E-state index contributed by atoms with van der Waals surface area (Å²) in [6.07, 6.45) is 2.30. The van der Waals surface area contributed by atoms with Crippen LogP contribution in [-0.2, 0) is 10.2 Å². The molecule has 0 aliphatic carbocycles. The third-order valence-corrected chi connectivity index (χ3v) is 5.59. The summed E-state index contributed by atoms with van der Waals surface area (Å²) < 4.78 is 27.1. The van der Waals surface area contributed by atoms with Gasteiger partial charge in [-0.2, -0.15) is 22.3 Å². The maximum Gasteiger partial charge on any atom is 0.281 e. The van der Waals surface area contributed by atoms with Gasteiger partial charge in [0.15, 0.2) is 0 Å². The van der Waals surface area contributed by atoms with Crippen LogP contribution in [0.4, 0.5) is 0 Å². The first-order valence-corrected chi connectivity index (χ1v) is 8.00. The van der Waals surface area contributed by atoms with E-state index in [0.29, 0.717) is 12.5 Å². The summed E-state index contributed by atoms with van der Waals surface area (Å²) in [5, 5.41) is 8.52. The second kappa shape index (κ2) is 7.20. The number of hydrogen-bond donors (Lipinski definition) is 0. The van der Waals surface area contributed by atoms with E-state index in [9.17, 15) is 8.42 Å². The Hall–Kier alpha value is -0.680. The molecule has 0 aromatic heterocycles. The highest BCUT2D eigenvalue weighted by atomic mass is 32.2. The van der Waals surface area contributed by atoms with Gasteiger partial charge in [-0.05, 0) is 38.9 Å². The minimum absolute atomic E-state index is 0.220. The summed E-state index contributed by atoms with van der Waals surface area (Å²) in [6.45, 7) is 2.87. The van der Waals surface area contributed by atoms with Crippen LogP contribution < -0.4 is 0 Å². The van der Waals surface area contributed by atoms with Crippen molar-refractivity contribution in [2.75, 3.05) is 47.3 Å². The summed E-state index contributed by atoms with van der Waals surface area (Å²) in [5.41, 5.74) is 0. The number of nitriles is 1. The average Bonchev–Trinajstić information content (AvgIpc) is 2.38. The molecule has 1 aliphatic heterocycles. The second-order valence-electron chi connectivity index (χ2n) is 5.26. The van der Waals surface area contributed by atoms with Crippen LogP contribution in [-0.4, -0.2) is 69.3 Å². The van der Waals surface area contributed by atoms with Gasteiger partial charge in [-0.15, -0.1) is 0 Å². The third kappa shape index (κ3) is 4.73. The predicted octanol–water partition coefficient (Wildman–Crippen LogP) is 0.350. The van der Waals surface area contributed by atoms with Gasteiger partial charge in [-0.3, -0.25) is 0 Å². The van der Waals surface area contributed by atoms with Crippen molar-refractivity contribution in [3.05, 3.63) is 0 Å². The van der Waals surface area contributed by atoms with Crippen LogP contribution >= 0.6 is 0 Å². The Balaban J connectivity index is 2.51. The van der Waals surface area contributed by atoms with Gasteiger partial charge in [0.1, 0.15) is 0 Å². The lowest BCUT2D eigenvalue weighted by Gasteiger charge is -2.32. The predicted molar refractivity (Wildman–Crippen MR) is 74.6 cm³/mol. The molecular formula is C12H24N4O2S. The van der Waals surface area contributed by atoms with Gasteiger partial charge in [0, 0.05) is 33.6 Å². The highest BCUT2D eigenvalue weighted by Crippen LogP contribution is 2.18. The molecule has 0 amide bonds. The summed E-state index contributed by atoms with van der Waals surface area (Å²) in [4.78, 5) is 2.27. The van der Waals surface area contributed by atoms with Gasteiger partial charge in [0.2, 0.25) is 0 Å². The van der Waals surface area contributed by atoms with Gasteiger partial charge < -0.3 is 4.90 Å². The van der Waals surface area contributed by atoms with Gasteiger partial charge >= 0.3 is 0 Å². The van der Waals surface area contributed by atoms with E-state index in [1.165, 1.54) is 15.7 Å². The van der Waals surface area contributed by atoms with Crippen LogP contribution in [0.2, 0.25) is 0 Å². The fourth-order valence-electron chi connectivity index (χ4n) is 2.26. The summed E-state index contributed by atoms with van der Waals surface area (Å²) >= 11 is 0. The molecular weight excluding hydrogens is 264 g/mol. The molecule has 6 nitrogen and oxygen atoms in total. The lowest BCUT2D eigenvalue weighted by molar-refractivity contribution is 0.200. The van der Waals surface area contributed by atoms with Crippen molar-refractivity contribution in [3.63, 3.8) is 0 Å². The molecule has 0 unspecified atom stereocenters. The van der Waals surface area contributed by atoms with Crippen molar-refractivity contribution in [2.45, 2.75) is 19.3 Å². The van der Waals surface area contributed by atoms with Crippen molar-refractivity contribution >= 4 is 10.2 Å². The largest absolute Gasteiger partial charge is 0.306 e. The molecule has 1 rings (SSSR count). The van der Waals surface area contributed by atoms with Crippen LogP contribution in [0, 0.1) is 17.2 Å². The molecule has 0 spiro atoms. The maximum atomic E-state index is 12.2. The fraction of sp³-hybridized carbons (Fsp3) is 0.917. The van der Waals surface area contributed by atoms with E-state index < -0.39 is 10.2 Å². The van der Waals surface area contributed by atoms with E-state index in [-0.39, 0.29) is 13.0 Å². The second-order valence-corrected chi connectivity index (χ2v) is 7.41. The van der Waals surface area contributed by atoms with Crippen molar-refractivity contribution in [1.29, 1.82) is 5.26 Å². The van der Waals surface area contributed by atoms with Gasteiger partial charge in [0.05, 0.1) is 6.07 Å². The lowest BCUT2D eigenvalue weighted by atomic mass is 9.97. The van der Waals surface area contributed by atoms with Crippen molar-refractivity contribution in [2.24, 2.45) is 5.92 Å². The van der Waals surface area contributed by atoms with Crippen LogP contribution in [0.15, 0.2) is 0 Å². The molecule has 1 saturated heterocycles. The van der Waals surface area contributed by atoms with Crippen molar-refractivity contribution < 1.29 is 8.42 Å². The van der Waals surface area contributed by atoms with Crippen LogP contribution in [0.3, 0.4) is 0 Å². The molecule has 0 aromatic carbocycles. The monoisotopic (exact) mass is 288 g/mol. The Kier molecular flexibility index (Phi) is 6.20. The lowest BCUT2D eigenvalue weighted by Crippen LogP contribution is -2.43. The molecule has 0 saturated carbocycles. The third-order valence-electron chi connectivity index (χ3n) is 3.68. The number of likely N-dealkylation sites (tertiary alicyclic amines) is 1. The highest BCUT2D eigenvalue weighted by molar-refractivity contribution is 7.86. The van der Waals surface area contributed by atoms with Gasteiger partial charge in [-0.1, -0.05) is 0 Å². The maximum absolute atomic E-state index is 12.2. The Morgan fingerprint density at radius 2 is 1.84 bits per heavy atom. The van der Waals surface area contributed by atoms with E-state index in [2.05, 4.69) is 11.9 Å². The topological polar surface area (TPSA) is 67.7 Å². The smallest absolute Gasteiger partial charge is 0.281 e. The first-order chi connectivity index (χ1) is 8.87. The molecule has 0 N–H and O–H groups in total. The van der Waals surface area contributed by atoms with Crippen LogP contribution in [0.25, 0.3) is 0 Å². The Bertz CT molecular complexity index is 410. The van der Waals surface area contributed by atoms with E-state index in [1.807, 2.05) is 6.07 Å². The van der Waals surface area contributed by atoms with Crippen molar-refractivity contribution in [3.8, 4) is 6.07 Å². The van der Waals surface area contributed by atoms with Crippen LogP contribution in [0.5, 0.6) is 0 Å². The van der Waals surface area contributed by atoms with Gasteiger partial charge in [0.25, 0.3) is 10.2 Å². The highest BCUT2D eigenvalue weighted by Gasteiger charge is 2.27. The number of hydrogen-bond acceptors (Lipinski definition) is 4. The van der Waals surface area contributed by atoms with E-state index in [1.54, 1.807) is 7.05 Å². The minimum Gasteiger partial charge on any atom is -0.306 e. The first kappa shape index (κ1) is 16.4. The molecule has 0 bridgehead atoms. The van der Waals surface area contributed by atoms with E-state index >= 15 is 0 Å². The number of piperidine rings is 1. The first-order valence-electron chi connectivity index (χ1n) is 6.61. The molecule has 1 fully saturated rings. The number of rotatable bonds is 6. The SMILES string of the molecule is CN1CCC(CN(C)S(=O)(=O)N(C)CCC#N)CC1. The summed E-state index contributed by atoms with van der Waals surface area (Å²) in [6, 6.07) is 1.97. The minimum atomic E-state index is -3.42. The van der Waals surface area contributed by atoms with Crippen LogP contribution in [0.1, 0.15) is 19.3 Å². The molecule has 1 aliphatic rings. The van der Waals surface area contributed by atoms with Crippen molar-refractivity contribution in [1.82, 2.24) is 13.5 Å². The molecule has 0 aromatic rings. The average molecular weight is 288 g/mol. The Labute approximate surface area is 116 Å². The Morgan fingerprint density at radius 3 is 2.37 bits per heavy atom. The zero-order chi connectivity index (χ0) is 14.5. The normalized spacial score (nSPS) is 18.9. The summed E-state index contributed by atoms with van der Waals surface area (Å²) in [5.74, 6) is 0.431. The molecule has 1 heterocycles. The van der Waals surface area contributed by atoms with E-state index in [4.69, 9.17) is 5.26 Å². The quantitative estimate of drug-likeness (QED) is 0.707. The van der Waals surface area contributed by atoms with E-state index in [0.717, 1.165) is 25.9 Å². The fourth-order valence-corrected chi connectivity index (χ4v) is 3.46. The standard InChI is InChI=1S/C12H24N4O2S/c1-14-9-5-12(6-10-14)11-16(3)19(17,18)15(2)8-4-7-13/h12H,4-6,8-11H2,1-3H3. The zero-order valence-corrected chi connectivity index (χ0v) is 12.9. The Morgan fingerprint density at radius 1 is 1.26 bits per heavy atom. The molecule has 0 atom stereocenters. The molecule has 7 heteroatoms. The molecule has 19 heavy (non-hydrogen) atoms. The molecule has 110 valence electrons. The number of nitrogens with zero attached hydrogens (tertiary/aromatic N) is 4. The molecule has 0 radical (unpaired) electrons. The summed E-state index contributed by atoms with van der Waals surface area (Å²) in [7, 11) is 1.81.